The topological polar surface area (TPSA) is 68.8 Å². The molecule has 2 rings (SSSR count). The Balaban J connectivity index is 1.88. The largest absolute Gasteiger partial charge is 0.338 e. The van der Waals surface area contributed by atoms with Crippen molar-refractivity contribution in [2.75, 3.05) is 0 Å². The second-order valence-corrected chi connectivity index (χ2v) is 4.42. The van der Waals surface area contributed by atoms with E-state index < -0.39 is 0 Å². The van der Waals surface area contributed by atoms with Gasteiger partial charge in [0.05, 0.1) is 0 Å². The average molecular weight is 245 g/mol. The van der Waals surface area contributed by atoms with Gasteiger partial charge >= 0.3 is 0 Å². The van der Waals surface area contributed by atoms with Crippen LogP contribution < -0.4 is 11.3 Å². The summed E-state index contributed by atoms with van der Waals surface area (Å²) >= 11 is 0. The van der Waals surface area contributed by atoms with E-state index in [-0.39, 0.29) is 6.04 Å². The summed E-state index contributed by atoms with van der Waals surface area (Å²) in [6.07, 6.45) is 10.2. The second kappa shape index (κ2) is 6.28. The van der Waals surface area contributed by atoms with E-state index in [1.54, 1.807) is 0 Å². The maximum absolute atomic E-state index is 5.60. The van der Waals surface area contributed by atoms with E-state index in [9.17, 15) is 0 Å². The molecule has 0 radical (unpaired) electrons. The normalized spacial score (nSPS) is 12.6. The summed E-state index contributed by atoms with van der Waals surface area (Å²) in [7, 11) is 2.00. The molecule has 5 nitrogen and oxygen atoms in total. The second-order valence-electron chi connectivity index (χ2n) is 4.42. The Kier molecular flexibility index (Phi) is 4.44. The van der Waals surface area contributed by atoms with Crippen molar-refractivity contribution in [2.24, 2.45) is 12.9 Å². The number of rotatable bonds is 6. The number of nitrogens with two attached hydrogens (primary N) is 1. The molecule has 0 bridgehead atoms. The van der Waals surface area contributed by atoms with Gasteiger partial charge < -0.3 is 4.57 Å². The van der Waals surface area contributed by atoms with Gasteiger partial charge in [-0.15, -0.1) is 0 Å². The Morgan fingerprint density at radius 1 is 1.33 bits per heavy atom. The number of hydrogen-bond acceptors (Lipinski definition) is 4. The molecule has 0 aromatic carbocycles. The maximum Gasteiger partial charge on any atom is 0.109 e. The summed E-state index contributed by atoms with van der Waals surface area (Å²) in [5.41, 5.74) is 4.15. The molecule has 3 N–H and O–H groups in total. The number of hydrogen-bond donors (Lipinski definition) is 2. The van der Waals surface area contributed by atoms with Crippen LogP contribution in [0.25, 0.3) is 0 Å². The lowest BCUT2D eigenvalue weighted by molar-refractivity contribution is 0.476. The van der Waals surface area contributed by atoms with Gasteiger partial charge in [0.2, 0.25) is 0 Å². The van der Waals surface area contributed by atoms with Gasteiger partial charge in [0, 0.05) is 44.3 Å². The summed E-state index contributed by atoms with van der Waals surface area (Å²) < 4.78 is 2.02. The number of hydrazine groups is 1. The zero-order valence-electron chi connectivity index (χ0n) is 10.6. The lowest BCUT2D eigenvalue weighted by Crippen LogP contribution is -2.37. The molecular weight excluding hydrogens is 226 g/mol. The van der Waals surface area contributed by atoms with Gasteiger partial charge in [-0.2, -0.15) is 0 Å². The monoisotopic (exact) mass is 245 g/mol. The van der Waals surface area contributed by atoms with Crippen LogP contribution in [0.5, 0.6) is 0 Å². The first kappa shape index (κ1) is 12.7. The molecule has 1 unspecified atom stereocenters. The summed E-state index contributed by atoms with van der Waals surface area (Å²) in [5, 5.41) is 0. The zero-order chi connectivity index (χ0) is 12.8. The molecule has 0 aliphatic rings. The molecule has 0 saturated carbocycles. The molecule has 2 aromatic heterocycles. The van der Waals surface area contributed by atoms with E-state index in [1.807, 2.05) is 48.5 Å². The van der Waals surface area contributed by atoms with E-state index in [0.29, 0.717) is 0 Å². The molecule has 2 aromatic rings. The van der Waals surface area contributed by atoms with Crippen LogP contribution >= 0.6 is 0 Å². The molecule has 0 aliphatic carbocycles. The number of aryl methyl sites for hydroxylation is 2. The SMILES string of the molecule is Cn1ccnc1CC(CCc1ccncc1)NN. The Morgan fingerprint density at radius 3 is 2.72 bits per heavy atom. The smallest absolute Gasteiger partial charge is 0.109 e. The van der Waals surface area contributed by atoms with E-state index in [4.69, 9.17) is 5.84 Å². The highest BCUT2D eigenvalue weighted by molar-refractivity contribution is 5.10. The van der Waals surface area contributed by atoms with Crippen molar-refractivity contribution in [1.29, 1.82) is 0 Å². The van der Waals surface area contributed by atoms with E-state index in [2.05, 4.69) is 15.4 Å². The van der Waals surface area contributed by atoms with Crippen LogP contribution in [0, 0.1) is 0 Å². The van der Waals surface area contributed by atoms with Crippen molar-refractivity contribution in [1.82, 2.24) is 20.0 Å². The highest BCUT2D eigenvalue weighted by Crippen LogP contribution is 2.07. The summed E-state index contributed by atoms with van der Waals surface area (Å²) in [5.74, 6) is 6.65. The Bertz CT molecular complexity index is 465. The van der Waals surface area contributed by atoms with Gasteiger partial charge in [-0.3, -0.25) is 16.3 Å². The van der Waals surface area contributed by atoms with Gasteiger partial charge in [-0.25, -0.2) is 4.98 Å². The van der Waals surface area contributed by atoms with Crippen LogP contribution in [0.4, 0.5) is 0 Å². The minimum absolute atomic E-state index is 0.235. The lowest BCUT2D eigenvalue weighted by atomic mass is 10.0. The van der Waals surface area contributed by atoms with E-state index in [0.717, 1.165) is 25.1 Å². The fourth-order valence-corrected chi connectivity index (χ4v) is 1.95. The predicted molar refractivity (Wildman–Crippen MR) is 70.6 cm³/mol. The number of pyridine rings is 1. The Morgan fingerprint density at radius 2 is 2.11 bits per heavy atom. The van der Waals surface area contributed by atoms with E-state index >= 15 is 0 Å². The maximum atomic E-state index is 5.60. The number of imidazole rings is 1. The molecule has 0 fully saturated rings. The fourth-order valence-electron chi connectivity index (χ4n) is 1.95. The van der Waals surface area contributed by atoms with Gasteiger partial charge in [0.15, 0.2) is 0 Å². The number of aromatic nitrogens is 3. The molecule has 0 spiro atoms. The summed E-state index contributed by atoms with van der Waals surface area (Å²) in [6, 6.07) is 4.31. The third kappa shape index (κ3) is 3.38. The van der Waals surface area contributed by atoms with Crippen LogP contribution in [0.3, 0.4) is 0 Å². The Labute approximate surface area is 107 Å². The third-order valence-corrected chi connectivity index (χ3v) is 3.12. The van der Waals surface area contributed by atoms with E-state index in [1.165, 1.54) is 5.56 Å². The molecular formula is C13H19N5. The standard InChI is InChI=1S/C13H19N5/c1-18-9-8-16-13(18)10-12(17-14)3-2-11-4-6-15-7-5-11/h4-9,12,17H,2-3,10,14H2,1H3. The van der Waals surface area contributed by atoms with Crippen molar-refractivity contribution in [2.45, 2.75) is 25.3 Å². The summed E-state index contributed by atoms with van der Waals surface area (Å²) in [6.45, 7) is 0. The fraction of sp³-hybridized carbons (Fsp3) is 0.385. The predicted octanol–water partition coefficient (Wildman–Crippen LogP) is 0.822. The van der Waals surface area contributed by atoms with Crippen LogP contribution in [-0.4, -0.2) is 20.6 Å². The van der Waals surface area contributed by atoms with Crippen molar-refractivity contribution < 1.29 is 0 Å². The lowest BCUT2D eigenvalue weighted by Gasteiger charge is -2.15. The van der Waals surface area contributed by atoms with Gasteiger partial charge in [-0.1, -0.05) is 0 Å². The first-order valence-electron chi connectivity index (χ1n) is 6.11. The Hall–Kier alpha value is -1.72. The van der Waals surface area contributed by atoms with Crippen molar-refractivity contribution in [3.8, 4) is 0 Å². The molecule has 2 heterocycles. The molecule has 1 atom stereocenters. The zero-order valence-corrected chi connectivity index (χ0v) is 10.6. The highest BCUT2D eigenvalue weighted by Gasteiger charge is 2.10. The van der Waals surface area contributed by atoms with Crippen molar-refractivity contribution in [3.05, 3.63) is 48.3 Å². The molecule has 5 heteroatoms. The highest BCUT2D eigenvalue weighted by atomic mass is 15.2. The van der Waals surface area contributed by atoms with Crippen LogP contribution in [0.1, 0.15) is 17.8 Å². The van der Waals surface area contributed by atoms with Gasteiger partial charge in [0.25, 0.3) is 0 Å². The van der Waals surface area contributed by atoms with Gasteiger partial charge in [-0.05, 0) is 30.5 Å². The first-order chi connectivity index (χ1) is 8.79. The van der Waals surface area contributed by atoms with Crippen LogP contribution in [-0.2, 0) is 19.9 Å². The number of nitrogens with one attached hydrogen (secondary N) is 1. The third-order valence-electron chi connectivity index (χ3n) is 3.12. The molecule has 0 amide bonds. The van der Waals surface area contributed by atoms with Crippen molar-refractivity contribution in [3.63, 3.8) is 0 Å². The van der Waals surface area contributed by atoms with Gasteiger partial charge in [0.1, 0.15) is 5.82 Å². The molecule has 0 aliphatic heterocycles. The minimum atomic E-state index is 0.235. The molecule has 96 valence electrons. The van der Waals surface area contributed by atoms with Crippen LogP contribution in [0.2, 0.25) is 0 Å². The first-order valence-corrected chi connectivity index (χ1v) is 6.11. The molecule has 0 saturated heterocycles. The average Bonchev–Trinajstić information content (AvgIpc) is 2.81. The van der Waals surface area contributed by atoms with Crippen molar-refractivity contribution >= 4 is 0 Å². The van der Waals surface area contributed by atoms with Crippen LogP contribution in [0.15, 0.2) is 36.9 Å². The minimum Gasteiger partial charge on any atom is -0.338 e. The summed E-state index contributed by atoms with van der Waals surface area (Å²) in [4.78, 5) is 8.33. The molecule has 18 heavy (non-hydrogen) atoms. The number of nitrogens with zero attached hydrogens (tertiary/aromatic N) is 3. The quantitative estimate of drug-likeness (QED) is 0.584.